The van der Waals surface area contributed by atoms with E-state index in [-0.39, 0.29) is 17.6 Å². The van der Waals surface area contributed by atoms with Crippen molar-refractivity contribution >= 4 is 11.8 Å². The molecule has 1 unspecified atom stereocenters. The summed E-state index contributed by atoms with van der Waals surface area (Å²) in [5.74, 6) is 0.552. The van der Waals surface area contributed by atoms with Crippen LogP contribution in [-0.4, -0.2) is 28.3 Å². The molecule has 1 aliphatic heterocycles. The molecule has 118 valence electrons. The summed E-state index contributed by atoms with van der Waals surface area (Å²) in [5.41, 5.74) is 5.89. The normalized spacial score (nSPS) is 22.1. The van der Waals surface area contributed by atoms with Crippen LogP contribution in [-0.2, 0) is 4.74 Å². The van der Waals surface area contributed by atoms with Crippen molar-refractivity contribution in [3.8, 4) is 0 Å². The van der Waals surface area contributed by atoms with E-state index in [2.05, 4.69) is 19.0 Å². The van der Waals surface area contributed by atoms with Crippen molar-refractivity contribution in [3.63, 3.8) is 0 Å². The van der Waals surface area contributed by atoms with Crippen molar-refractivity contribution in [1.29, 1.82) is 0 Å². The predicted octanol–water partition coefficient (Wildman–Crippen LogP) is 3.36. The summed E-state index contributed by atoms with van der Waals surface area (Å²) in [6.45, 7) is 10.5. The molecule has 21 heavy (non-hydrogen) atoms. The number of carbonyl (C=O) groups excluding carboxylic acids is 1. The van der Waals surface area contributed by atoms with Gasteiger partial charge in [-0.25, -0.2) is 4.79 Å². The number of piperidine rings is 1. The molecule has 1 amide bonds. The third kappa shape index (κ3) is 3.68. The van der Waals surface area contributed by atoms with Crippen LogP contribution >= 0.6 is 0 Å². The summed E-state index contributed by atoms with van der Waals surface area (Å²) >= 11 is 0. The minimum atomic E-state index is -0.532. The maximum absolute atomic E-state index is 12.5. The average Bonchev–Trinajstić information content (AvgIpc) is 2.72. The highest BCUT2D eigenvalue weighted by Crippen LogP contribution is 2.41. The minimum absolute atomic E-state index is 0.0438. The number of hydrogen-bond donors (Lipinski definition) is 1. The molecular weight excluding hydrogens is 270 g/mol. The zero-order valence-corrected chi connectivity index (χ0v) is 13.5. The highest BCUT2D eigenvalue weighted by molar-refractivity contribution is 5.69. The SMILES string of the molecule is CC1(C)CCC(c2oncc2N)N(C(=O)OC(C)(C)C)C1. The molecule has 0 bridgehead atoms. The zero-order chi connectivity index (χ0) is 15.8. The van der Waals surface area contributed by atoms with Gasteiger partial charge >= 0.3 is 6.09 Å². The Hall–Kier alpha value is -1.72. The van der Waals surface area contributed by atoms with Gasteiger partial charge in [-0.05, 0) is 39.0 Å². The van der Waals surface area contributed by atoms with Gasteiger partial charge in [-0.1, -0.05) is 19.0 Å². The number of nitrogen functional groups attached to an aromatic ring is 1. The van der Waals surface area contributed by atoms with Crippen molar-refractivity contribution in [2.75, 3.05) is 12.3 Å². The highest BCUT2D eigenvalue weighted by Gasteiger charge is 2.40. The van der Waals surface area contributed by atoms with Crippen LogP contribution in [0.1, 0.15) is 59.3 Å². The Labute approximate surface area is 125 Å². The number of aromatic nitrogens is 1. The Morgan fingerprint density at radius 2 is 2.19 bits per heavy atom. The van der Waals surface area contributed by atoms with Gasteiger partial charge in [-0.2, -0.15) is 0 Å². The molecule has 1 saturated heterocycles. The van der Waals surface area contributed by atoms with Gasteiger partial charge in [-0.3, -0.25) is 4.90 Å². The fourth-order valence-corrected chi connectivity index (χ4v) is 2.63. The number of nitrogens with zero attached hydrogens (tertiary/aromatic N) is 2. The lowest BCUT2D eigenvalue weighted by molar-refractivity contribution is -0.0121. The third-order valence-corrected chi connectivity index (χ3v) is 3.63. The largest absolute Gasteiger partial charge is 0.444 e. The van der Waals surface area contributed by atoms with E-state index in [0.717, 1.165) is 12.8 Å². The average molecular weight is 295 g/mol. The molecule has 0 saturated carbocycles. The van der Waals surface area contributed by atoms with Crippen LogP contribution in [0, 0.1) is 5.41 Å². The number of anilines is 1. The molecule has 0 radical (unpaired) electrons. The van der Waals surface area contributed by atoms with Gasteiger partial charge in [0.2, 0.25) is 0 Å². The van der Waals surface area contributed by atoms with Crippen LogP contribution in [0.3, 0.4) is 0 Å². The van der Waals surface area contributed by atoms with Crippen LogP contribution < -0.4 is 5.73 Å². The van der Waals surface area contributed by atoms with Gasteiger partial charge in [0.25, 0.3) is 0 Å². The third-order valence-electron chi connectivity index (χ3n) is 3.63. The topological polar surface area (TPSA) is 81.6 Å². The van der Waals surface area contributed by atoms with E-state index in [0.29, 0.717) is 18.0 Å². The Balaban J connectivity index is 2.26. The molecular formula is C15H25N3O3. The van der Waals surface area contributed by atoms with Crippen molar-refractivity contribution in [2.45, 2.75) is 59.1 Å². The smallest absolute Gasteiger partial charge is 0.410 e. The number of hydrogen-bond acceptors (Lipinski definition) is 5. The minimum Gasteiger partial charge on any atom is -0.444 e. The number of amides is 1. The van der Waals surface area contributed by atoms with Gasteiger partial charge in [0.15, 0.2) is 5.76 Å². The van der Waals surface area contributed by atoms with E-state index in [9.17, 15) is 4.79 Å². The van der Waals surface area contributed by atoms with E-state index in [1.54, 1.807) is 4.90 Å². The molecule has 1 atom stereocenters. The van der Waals surface area contributed by atoms with Crippen molar-refractivity contribution in [3.05, 3.63) is 12.0 Å². The zero-order valence-electron chi connectivity index (χ0n) is 13.5. The molecule has 1 fully saturated rings. The second-order valence-corrected chi connectivity index (χ2v) is 7.47. The first-order valence-electron chi connectivity index (χ1n) is 7.29. The van der Waals surface area contributed by atoms with Crippen LogP contribution in [0.4, 0.5) is 10.5 Å². The lowest BCUT2D eigenvalue weighted by atomic mass is 9.81. The summed E-state index contributed by atoms with van der Waals surface area (Å²) < 4.78 is 10.8. The van der Waals surface area contributed by atoms with Crippen LogP contribution in [0.15, 0.2) is 10.7 Å². The fraction of sp³-hybridized carbons (Fsp3) is 0.733. The molecule has 2 N–H and O–H groups in total. The van der Waals surface area contributed by atoms with E-state index >= 15 is 0 Å². The second-order valence-electron chi connectivity index (χ2n) is 7.47. The first-order chi connectivity index (χ1) is 9.59. The lowest BCUT2D eigenvalue weighted by Crippen LogP contribution is -2.47. The Kier molecular flexibility index (Phi) is 3.91. The summed E-state index contributed by atoms with van der Waals surface area (Å²) in [6.07, 6.45) is 2.90. The van der Waals surface area contributed by atoms with E-state index in [1.165, 1.54) is 6.20 Å². The van der Waals surface area contributed by atoms with Gasteiger partial charge in [0.05, 0.1) is 17.9 Å². The molecule has 0 aliphatic carbocycles. The Morgan fingerprint density at radius 3 is 2.71 bits per heavy atom. The Morgan fingerprint density at radius 1 is 1.52 bits per heavy atom. The molecule has 1 aromatic heterocycles. The number of nitrogens with two attached hydrogens (primary N) is 1. The number of carbonyl (C=O) groups is 1. The first-order valence-corrected chi connectivity index (χ1v) is 7.29. The van der Waals surface area contributed by atoms with Crippen molar-refractivity contribution in [2.24, 2.45) is 5.41 Å². The van der Waals surface area contributed by atoms with Gasteiger partial charge in [0.1, 0.15) is 5.60 Å². The fourth-order valence-electron chi connectivity index (χ4n) is 2.63. The predicted molar refractivity (Wildman–Crippen MR) is 79.6 cm³/mol. The molecule has 1 aliphatic rings. The lowest BCUT2D eigenvalue weighted by Gasteiger charge is -2.42. The maximum atomic E-state index is 12.5. The summed E-state index contributed by atoms with van der Waals surface area (Å²) in [7, 11) is 0. The van der Waals surface area contributed by atoms with E-state index in [4.69, 9.17) is 15.0 Å². The number of rotatable bonds is 1. The maximum Gasteiger partial charge on any atom is 0.410 e. The monoisotopic (exact) mass is 295 g/mol. The molecule has 0 spiro atoms. The van der Waals surface area contributed by atoms with Crippen molar-refractivity contribution in [1.82, 2.24) is 10.1 Å². The van der Waals surface area contributed by atoms with Gasteiger partial charge in [-0.15, -0.1) is 0 Å². The van der Waals surface area contributed by atoms with Crippen LogP contribution in [0.5, 0.6) is 0 Å². The van der Waals surface area contributed by atoms with E-state index < -0.39 is 5.60 Å². The molecule has 2 rings (SSSR count). The van der Waals surface area contributed by atoms with Crippen LogP contribution in [0.25, 0.3) is 0 Å². The van der Waals surface area contributed by atoms with Crippen LogP contribution in [0.2, 0.25) is 0 Å². The molecule has 1 aromatic rings. The van der Waals surface area contributed by atoms with E-state index in [1.807, 2.05) is 20.8 Å². The van der Waals surface area contributed by atoms with Crippen molar-refractivity contribution < 1.29 is 14.1 Å². The Bertz CT molecular complexity index is 516. The first kappa shape index (κ1) is 15.7. The highest BCUT2D eigenvalue weighted by atomic mass is 16.6. The molecule has 0 aromatic carbocycles. The number of ether oxygens (including phenoxy) is 1. The van der Waals surface area contributed by atoms with Gasteiger partial charge < -0.3 is 15.0 Å². The summed E-state index contributed by atoms with van der Waals surface area (Å²) in [6, 6.07) is -0.213. The molecule has 6 nitrogen and oxygen atoms in total. The molecule has 6 heteroatoms. The van der Waals surface area contributed by atoms with Gasteiger partial charge in [0, 0.05) is 6.54 Å². The standard InChI is InChI=1S/C15H25N3O3/c1-14(2,3)20-13(19)18-9-15(4,5)7-6-11(18)12-10(16)8-17-21-12/h8,11H,6-7,9,16H2,1-5H3. The molecule has 2 heterocycles. The summed E-state index contributed by atoms with van der Waals surface area (Å²) in [5, 5.41) is 3.72. The summed E-state index contributed by atoms with van der Waals surface area (Å²) in [4.78, 5) is 14.2. The second kappa shape index (κ2) is 5.24. The number of likely N-dealkylation sites (tertiary alicyclic amines) is 1. The quantitative estimate of drug-likeness (QED) is 0.859.